The molecule has 2 rings (SSSR count). The Morgan fingerprint density at radius 3 is 2.80 bits per heavy atom. The highest BCUT2D eigenvalue weighted by atomic mass is 35.5. The van der Waals surface area contributed by atoms with Crippen molar-refractivity contribution < 1.29 is 9.53 Å². The van der Waals surface area contributed by atoms with Crippen molar-refractivity contribution in [2.45, 2.75) is 26.3 Å². The summed E-state index contributed by atoms with van der Waals surface area (Å²) in [4.78, 5) is 13.9. The van der Waals surface area contributed by atoms with Crippen LogP contribution >= 0.6 is 11.6 Å². The lowest BCUT2D eigenvalue weighted by Crippen LogP contribution is -2.26. The highest BCUT2D eigenvalue weighted by molar-refractivity contribution is 6.30. The van der Waals surface area contributed by atoms with E-state index in [4.69, 9.17) is 21.6 Å². The Morgan fingerprint density at radius 1 is 1.28 bits per heavy atom. The van der Waals surface area contributed by atoms with Gasteiger partial charge in [0, 0.05) is 25.0 Å². The van der Waals surface area contributed by atoms with Crippen molar-refractivity contribution in [3.8, 4) is 11.8 Å². The summed E-state index contributed by atoms with van der Waals surface area (Å²) in [6, 6.07) is 14.9. The first kappa shape index (κ1) is 18.8. The number of halogens is 1. The number of nitrogens with zero attached hydrogens (tertiary/aromatic N) is 2. The van der Waals surface area contributed by atoms with Crippen molar-refractivity contribution in [3.63, 3.8) is 0 Å². The minimum Gasteiger partial charge on any atom is -0.493 e. The zero-order chi connectivity index (χ0) is 18.2. The number of carbonyl (C=O) groups excluding carboxylic acids is 1. The molecule has 0 saturated carbocycles. The lowest BCUT2D eigenvalue weighted by atomic mass is 10.1. The number of amides is 1. The standard InChI is InChI=1S/C20H21ClN2O2/c1-15-11-18(21)8-9-19(15)25-10-4-7-20(24)23(2)14-17-6-3-5-16(12-17)13-22/h3,5-6,8-9,11-12H,4,7,10,14H2,1-2H3. The fraction of sp³-hybridized carbons (Fsp3) is 0.300. The molecule has 0 saturated heterocycles. The predicted molar refractivity (Wildman–Crippen MR) is 98.5 cm³/mol. The molecule has 25 heavy (non-hydrogen) atoms. The van der Waals surface area contributed by atoms with Gasteiger partial charge in [0.15, 0.2) is 0 Å². The Balaban J connectivity index is 1.76. The summed E-state index contributed by atoms with van der Waals surface area (Å²) < 4.78 is 5.71. The maximum atomic E-state index is 12.2. The largest absolute Gasteiger partial charge is 0.493 e. The van der Waals surface area contributed by atoms with Crippen molar-refractivity contribution in [1.82, 2.24) is 4.90 Å². The smallest absolute Gasteiger partial charge is 0.222 e. The maximum Gasteiger partial charge on any atom is 0.222 e. The third-order valence-corrected chi connectivity index (χ3v) is 4.07. The third-order valence-electron chi connectivity index (χ3n) is 3.83. The molecule has 0 N–H and O–H groups in total. The minimum absolute atomic E-state index is 0.0544. The van der Waals surface area contributed by atoms with Crippen LogP contribution in [0.3, 0.4) is 0 Å². The van der Waals surface area contributed by atoms with Crippen LogP contribution in [0.5, 0.6) is 5.75 Å². The maximum absolute atomic E-state index is 12.2. The summed E-state index contributed by atoms with van der Waals surface area (Å²) in [6.45, 7) is 2.91. The van der Waals surface area contributed by atoms with Gasteiger partial charge in [0.05, 0.1) is 18.2 Å². The molecule has 5 heteroatoms. The molecule has 2 aromatic rings. The van der Waals surface area contributed by atoms with E-state index in [-0.39, 0.29) is 5.91 Å². The van der Waals surface area contributed by atoms with Crippen LogP contribution in [0.25, 0.3) is 0 Å². The molecule has 0 bridgehead atoms. The summed E-state index contributed by atoms with van der Waals surface area (Å²) >= 11 is 5.92. The first-order chi connectivity index (χ1) is 12.0. The van der Waals surface area contributed by atoms with E-state index in [0.29, 0.717) is 36.6 Å². The molecule has 0 aliphatic carbocycles. The van der Waals surface area contributed by atoms with E-state index >= 15 is 0 Å². The molecule has 0 fully saturated rings. The number of carbonyl (C=O) groups is 1. The van der Waals surface area contributed by atoms with Gasteiger partial charge in [0.25, 0.3) is 0 Å². The van der Waals surface area contributed by atoms with E-state index in [1.807, 2.05) is 31.2 Å². The van der Waals surface area contributed by atoms with E-state index in [0.717, 1.165) is 16.9 Å². The Labute approximate surface area is 153 Å². The van der Waals surface area contributed by atoms with Crippen molar-refractivity contribution in [1.29, 1.82) is 5.26 Å². The summed E-state index contributed by atoms with van der Waals surface area (Å²) in [7, 11) is 1.77. The van der Waals surface area contributed by atoms with Crippen molar-refractivity contribution in [2.24, 2.45) is 0 Å². The van der Waals surface area contributed by atoms with Crippen molar-refractivity contribution >= 4 is 17.5 Å². The molecule has 4 nitrogen and oxygen atoms in total. The molecule has 0 heterocycles. The molecule has 130 valence electrons. The fourth-order valence-electron chi connectivity index (χ4n) is 2.47. The van der Waals surface area contributed by atoms with Gasteiger partial charge in [-0.2, -0.15) is 5.26 Å². The van der Waals surface area contributed by atoms with Crippen LogP contribution in [0, 0.1) is 18.3 Å². The first-order valence-corrected chi connectivity index (χ1v) is 8.49. The lowest BCUT2D eigenvalue weighted by Gasteiger charge is -2.17. The summed E-state index contributed by atoms with van der Waals surface area (Å²) in [5.41, 5.74) is 2.53. The van der Waals surface area contributed by atoms with Crippen LogP contribution in [0.4, 0.5) is 0 Å². The molecule has 0 spiro atoms. The second-order valence-electron chi connectivity index (χ2n) is 5.92. The molecule has 0 aliphatic rings. The summed E-state index contributed by atoms with van der Waals surface area (Å²) in [6.07, 6.45) is 1.06. The van der Waals surface area contributed by atoms with Gasteiger partial charge in [-0.05, 0) is 54.8 Å². The van der Waals surface area contributed by atoms with E-state index in [2.05, 4.69) is 6.07 Å². The van der Waals surface area contributed by atoms with E-state index in [1.54, 1.807) is 30.1 Å². The van der Waals surface area contributed by atoms with Gasteiger partial charge in [-0.15, -0.1) is 0 Å². The molecular formula is C20H21ClN2O2. The number of ether oxygens (including phenoxy) is 1. The van der Waals surface area contributed by atoms with Gasteiger partial charge in [-0.1, -0.05) is 23.7 Å². The van der Waals surface area contributed by atoms with E-state index in [9.17, 15) is 4.79 Å². The van der Waals surface area contributed by atoms with E-state index in [1.165, 1.54) is 0 Å². The van der Waals surface area contributed by atoms with E-state index < -0.39 is 0 Å². The SMILES string of the molecule is Cc1cc(Cl)ccc1OCCCC(=O)N(C)Cc1cccc(C#N)c1. The molecular weight excluding hydrogens is 336 g/mol. The highest BCUT2D eigenvalue weighted by Crippen LogP contribution is 2.22. The fourth-order valence-corrected chi connectivity index (χ4v) is 2.70. The zero-order valence-corrected chi connectivity index (χ0v) is 15.2. The molecule has 0 aliphatic heterocycles. The Hall–Kier alpha value is -2.51. The second-order valence-corrected chi connectivity index (χ2v) is 6.36. The van der Waals surface area contributed by atoms with Gasteiger partial charge < -0.3 is 9.64 Å². The predicted octanol–water partition coefficient (Wildman–Crippen LogP) is 4.34. The molecule has 0 radical (unpaired) electrons. The quantitative estimate of drug-likeness (QED) is 0.693. The number of nitriles is 1. The zero-order valence-electron chi connectivity index (χ0n) is 14.5. The van der Waals surface area contributed by atoms with Crippen LogP contribution in [-0.4, -0.2) is 24.5 Å². The van der Waals surface area contributed by atoms with Crippen LogP contribution < -0.4 is 4.74 Å². The Bertz CT molecular complexity index is 784. The monoisotopic (exact) mass is 356 g/mol. The molecule has 2 aromatic carbocycles. The number of aryl methyl sites for hydroxylation is 1. The third kappa shape index (κ3) is 5.81. The molecule has 0 aromatic heterocycles. The first-order valence-electron chi connectivity index (χ1n) is 8.11. The lowest BCUT2D eigenvalue weighted by molar-refractivity contribution is -0.130. The topological polar surface area (TPSA) is 53.3 Å². The van der Waals surface area contributed by atoms with Gasteiger partial charge in [-0.3, -0.25) is 4.79 Å². The van der Waals surface area contributed by atoms with Gasteiger partial charge in [-0.25, -0.2) is 0 Å². The van der Waals surface area contributed by atoms with Crippen LogP contribution in [0.1, 0.15) is 29.5 Å². The van der Waals surface area contributed by atoms with Crippen molar-refractivity contribution in [2.75, 3.05) is 13.7 Å². The highest BCUT2D eigenvalue weighted by Gasteiger charge is 2.10. The van der Waals surface area contributed by atoms with Crippen LogP contribution in [0.15, 0.2) is 42.5 Å². The van der Waals surface area contributed by atoms with Crippen LogP contribution in [0.2, 0.25) is 5.02 Å². The number of hydrogen-bond donors (Lipinski definition) is 0. The minimum atomic E-state index is 0.0544. The number of rotatable bonds is 7. The Morgan fingerprint density at radius 2 is 2.08 bits per heavy atom. The summed E-state index contributed by atoms with van der Waals surface area (Å²) in [5, 5.41) is 9.61. The molecule has 1 amide bonds. The van der Waals surface area contributed by atoms with Gasteiger partial charge in [0.1, 0.15) is 5.75 Å². The number of hydrogen-bond acceptors (Lipinski definition) is 3. The normalized spacial score (nSPS) is 10.2. The van der Waals surface area contributed by atoms with Crippen molar-refractivity contribution in [3.05, 3.63) is 64.2 Å². The summed E-state index contributed by atoms with van der Waals surface area (Å²) in [5.74, 6) is 0.845. The van der Waals surface area contributed by atoms with Crippen LogP contribution in [-0.2, 0) is 11.3 Å². The van der Waals surface area contributed by atoms with Gasteiger partial charge >= 0.3 is 0 Å². The molecule has 0 unspecified atom stereocenters. The van der Waals surface area contributed by atoms with Gasteiger partial charge in [0.2, 0.25) is 5.91 Å². The second kappa shape index (κ2) is 9.10. The Kier molecular flexibility index (Phi) is 6.85. The molecule has 0 atom stereocenters. The average Bonchev–Trinajstić information content (AvgIpc) is 2.60. The number of benzene rings is 2. The average molecular weight is 357 g/mol.